The molecular formula is C26H23F3N8O9S2. The fourth-order valence-electron chi connectivity index (χ4n) is 4.71. The van der Waals surface area contributed by atoms with Crippen LogP contribution in [-0.4, -0.2) is 91.4 Å². The number of thiazole rings is 1. The number of amides is 4. The molecule has 7 N–H and O–H groups in total. The molecule has 0 saturated carbocycles. The Labute approximate surface area is 275 Å². The number of anilines is 2. The molecule has 3 aliphatic rings. The molecule has 4 amide bonds. The van der Waals surface area contributed by atoms with Gasteiger partial charge in [-0.05, 0) is 24.1 Å². The number of hydrogen-bond acceptors (Lipinski definition) is 13. The topological polar surface area (TPSA) is 266 Å². The predicted octanol–water partition coefficient (Wildman–Crippen LogP) is -1.92. The maximum absolute atomic E-state index is 13.2. The molecule has 0 spiro atoms. The monoisotopic (exact) mass is 712 g/mol. The van der Waals surface area contributed by atoms with Crippen LogP contribution in [0.5, 0.6) is 0 Å². The zero-order valence-electron chi connectivity index (χ0n) is 24.0. The Bertz CT molecular complexity index is 1790. The van der Waals surface area contributed by atoms with Crippen molar-refractivity contribution >= 4 is 75.2 Å². The van der Waals surface area contributed by atoms with Crippen LogP contribution >= 0.6 is 23.1 Å². The summed E-state index contributed by atoms with van der Waals surface area (Å²) in [5, 5.41) is 34.8. The van der Waals surface area contributed by atoms with Crippen molar-refractivity contribution in [2.24, 2.45) is 10.9 Å². The molecule has 48 heavy (non-hydrogen) atoms. The smallest absolute Gasteiger partial charge is 0.490 e. The third-order valence-electron chi connectivity index (χ3n) is 6.77. The summed E-state index contributed by atoms with van der Waals surface area (Å²) in [7, 11) is 0. The van der Waals surface area contributed by atoms with Crippen LogP contribution in [0, 0.1) is 0 Å². The van der Waals surface area contributed by atoms with Gasteiger partial charge in [-0.15, -0.1) is 23.1 Å². The number of alkyl halides is 3. The number of primary amides is 1. The molecule has 2 atom stereocenters. The first-order valence-corrected chi connectivity index (χ1v) is 15.2. The number of oxime groups is 1. The number of pyridine rings is 1. The van der Waals surface area contributed by atoms with Crippen LogP contribution in [0.2, 0.25) is 0 Å². The van der Waals surface area contributed by atoms with Crippen molar-refractivity contribution in [3.63, 3.8) is 0 Å². The molecule has 22 heteroatoms. The van der Waals surface area contributed by atoms with Crippen LogP contribution < -0.4 is 31.4 Å². The van der Waals surface area contributed by atoms with Crippen molar-refractivity contribution in [1.82, 2.24) is 15.2 Å². The first kappa shape index (κ1) is 35.3. The number of nitrogens with zero attached hydrogens (tertiary/aromatic N) is 5. The number of β-lactam (4-membered cyclic amide) rings is 1. The van der Waals surface area contributed by atoms with Crippen LogP contribution in [0.1, 0.15) is 12.1 Å². The van der Waals surface area contributed by atoms with E-state index in [1.807, 2.05) is 0 Å². The van der Waals surface area contributed by atoms with Crippen molar-refractivity contribution in [3.8, 4) is 0 Å². The van der Waals surface area contributed by atoms with Crippen LogP contribution in [-0.2, 0) is 35.3 Å². The summed E-state index contributed by atoms with van der Waals surface area (Å²) in [6.07, 6.45) is -0.0514. The van der Waals surface area contributed by atoms with E-state index in [2.05, 4.69) is 15.5 Å². The number of nitrogens with two attached hydrogens (primary N) is 2. The van der Waals surface area contributed by atoms with Gasteiger partial charge in [0.15, 0.2) is 23.2 Å². The van der Waals surface area contributed by atoms with Gasteiger partial charge >= 0.3 is 12.1 Å². The van der Waals surface area contributed by atoms with Gasteiger partial charge < -0.3 is 41.9 Å². The number of aromatic nitrogens is 2. The predicted molar refractivity (Wildman–Crippen MR) is 156 cm³/mol. The number of halogens is 3. The Kier molecular flexibility index (Phi) is 10.4. The van der Waals surface area contributed by atoms with Crippen LogP contribution in [0.3, 0.4) is 0 Å². The van der Waals surface area contributed by atoms with Gasteiger partial charge in [-0.3, -0.25) is 24.1 Å². The van der Waals surface area contributed by atoms with E-state index >= 15 is 0 Å². The average Bonchev–Trinajstić information content (AvgIpc) is 3.60. The number of nitrogen functional groups attached to an aromatic ring is 1. The largest absolute Gasteiger partial charge is 0.543 e. The van der Waals surface area contributed by atoms with Gasteiger partial charge in [0.05, 0.1) is 11.7 Å². The molecule has 254 valence electrons. The van der Waals surface area contributed by atoms with Crippen molar-refractivity contribution in [2.75, 3.05) is 22.9 Å². The second-order valence-electron chi connectivity index (χ2n) is 9.92. The van der Waals surface area contributed by atoms with Gasteiger partial charge in [-0.2, -0.15) is 17.7 Å². The number of carbonyl (C=O) groups excluding carboxylic acids is 5. The molecule has 3 aliphatic heterocycles. The van der Waals surface area contributed by atoms with Crippen molar-refractivity contribution in [1.29, 1.82) is 0 Å². The summed E-state index contributed by atoms with van der Waals surface area (Å²) < 4.78 is 33.3. The molecule has 0 aliphatic carbocycles. The van der Waals surface area contributed by atoms with Gasteiger partial charge in [0.1, 0.15) is 22.8 Å². The lowest BCUT2D eigenvalue weighted by Crippen LogP contribution is -2.71. The molecule has 0 aromatic carbocycles. The molecular weight excluding hydrogens is 689 g/mol. The molecule has 2 aromatic heterocycles. The average molecular weight is 713 g/mol. The Morgan fingerprint density at radius 1 is 1.27 bits per heavy atom. The van der Waals surface area contributed by atoms with Crippen molar-refractivity contribution in [3.05, 3.63) is 58.5 Å². The summed E-state index contributed by atoms with van der Waals surface area (Å²) >= 11 is 2.22. The number of thioether (sulfide) groups is 1. The fraction of sp³-hybridized carbons (Fsp3) is 0.269. The molecule has 5 heterocycles. The summed E-state index contributed by atoms with van der Waals surface area (Å²) in [6.45, 7) is 0.267. The molecule has 0 radical (unpaired) electrons. The van der Waals surface area contributed by atoms with E-state index in [1.165, 1.54) is 28.1 Å². The lowest BCUT2D eigenvalue weighted by Gasteiger charge is -2.50. The fourth-order valence-corrected chi connectivity index (χ4v) is 6.57. The van der Waals surface area contributed by atoms with Crippen molar-refractivity contribution < 1.29 is 61.9 Å². The van der Waals surface area contributed by atoms with Gasteiger partial charge in [0, 0.05) is 29.3 Å². The summed E-state index contributed by atoms with van der Waals surface area (Å²) in [4.78, 5) is 77.6. The van der Waals surface area contributed by atoms with E-state index < -0.39 is 53.0 Å². The zero-order valence-corrected chi connectivity index (χ0v) is 25.7. The van der Waals surface area contributed by atoms with E-state index in [0.717, 1.165) is 16.2 Å². The Balaban J connectivity index is 0.000000671. The molecule has 2 aromatic rings. The number of nitrogens with one attached hydrogen (secondary N) is 1. The number of aliphatic carboxylic acids is 2. The number of carboxylic acid groups (broad SMARTS) is 2. The molecule has 17 nitrogen and oxygen atoms in total. The second-order valence-corrected chi connectivity index (χ2v) is 11.9. The number of hydrogen-bond donors (Lipinski definition) is 5. The normalized spacial score (nSPS) is 20.1. The lowest BCUT2D eigenvalue weighted by molar-refractivity contribution is -0.683. The highest BCUT2D eigenvalue weighted by molar-refractivity contribution is 8.00. The van der Waals surface area contributed by atoms with E-state index in [9.17, 15) is 47.5 Å². The van der Waals surface area contributed by atoms with Gasteiger partial charge in [0.25, 0.3) is 23.6 Å². The number of carboxylic acids is 2. The minimum Gasteiger partial charge on any atom is -0.543 e. The first-order chi connectivity index (χ1) is 22.5. The Morgan fingerprint density at radius 2 is 1.96 bits per heavy atom. The Hall–Kier alpha value is -5.51. The first-order valence-electron chi connectivity index (χ1n) is 13.3. The minimum absolute atomic E-state index is 0.0186. The van der Waals surface area contributed by atoms with Gasteiger partial charge in [0.2, 0.25) is 6.54 Å². The highest BCUT2D eigenvalue weighted by Gasteiger charge is 2.53. The van der Waals surface area contributed by atoms with Gasteiger partial charge in [-0.1, -0.05) is 5.16 Å². The third kappa shape index (κ3) is 7.54. The highest BCUT2D eigenvalue weighted by atomic mass is 32.2. The molecule has 2 saturated heterocycles. The van der Waals surface area contributed by atoms with Crippen molar-refractivity contribution in [2.45, 2.75) is 30.6 Å². The molecule has 5 rings (SSSR count). The quantitative estimate of drug-likeness (QED) is 0.0501. The SMILES string of the molecule is NC(=O)C[n+]1cccc(N2CC/C(=C\C3=C(C(=O)[O-])N4C(=O)[C@@H](NC(=O)/C(=N\O)c5csc(N)n5)[C@H]4SC3)C2=O)c1.O=C(O)C(F)(F)F. The van der Waals surface area contributed by atoms with E-state index in [0.29, 0.717) is 24.2 Å². The lowest BCUT2D eigenvalue weighted by atomic mass is 10.0. The van der Waals surface area contributed by atoms with E-state index in [1.54, 1.807) is 29.1 Å². The minimum atomic E-state index is -5.08. The van der Waals surface area contributed by atoms with Crippen LogP contribution in [0.4, 0.5) is 24.0 Å². The maximum Gasteiger partial charge on any atom is 0.490 e. The van der Waals surface area contributed by atoms with Crippen LogP contribution in [0.15, 0.2) is 58.0 Å². The number of fused-ring (bicyclic) bond motifs is 1. The van der Waals surface area contributed by atoms with Gasteiger partial charge in [-0.25, -0.2) is 9.78 Å². The number of allylic oxidation sites excluding steroid dienone is 1. The molecule has 0 unspecified atom stereocenters. The van der Waals surface area contributed by atoms with E-state index in [4.69, 9.17) is 21.4 Å². The highest BCUT2D eigenvalue weighted by Crippen LogP contribution is 2.41. The number of rotatable bonds is 8. The standard InChI is InChI=1S/C24H22N8O7S2.C2HF3O2/c25-15(33)8-30-4-1-2-13(7-30)31-5-3-11(20(31)35)6-12-9-40-22-17(21(36)32(22)18(12)23(37)38)28-19(34)16(29-39)14-10-41-24(26)27-14;3-2(4,5)1(6)7/h1-2,4,6-7,10,17,22H,3,5,8-9H2,(H6-,25,26,27,28,33,34,37,38,39);(H,6,7)/b11-6+;/t17-,22-;/m1./s1. The third-order valence-corrected chi connectivity index (χ3v) is 8.74. The summed E-state index contributed by atoms with van der Waals surface area (Å²) in [5.74, 6) is -6.72. The number of carbonyl (C=O) groups is 6. The molecule has 2 fully saturated rings. The van der Waals surface area contributed by atoms with Crippen LogP contribution in [0.25, 0.3) is 0 Å². The Morgan fingerprint density at radius 3 is 2.52 bits per heavy atom. The van der Waals surface area contributed by atoms with E-state index in [-0.39, 0.29) is 40.3 Å². The molecule has 0 bridgehead atoms. The summed E-state index contributed by atoms with van der Waals surface area (Å²) in [6, 6.07) is 2.28. The second kappa shape index (κ2) is 14.1. The zero-order chi connectivity index (χ0) is 35.5. The summed E-state index contributed by atoms with van der Waals surface area (Å²) in [5.41, 5.74) is 11.1. The maximum atomic E-state index is 13.2.